The Morgan fingerprint density at radius 1 is 1.20 bits per heavy atom. The summed E-state index contributed by atoms with van der Waals surface area (Å²) in [6, 6.07) is 10.2. The van der Waals surface area contributed by atoms with Gasteiger partial charge in [0.1, 0.15) is 5.78 Å². The van der Waals surface area contributed by atoms with Crippen LogP contribution in [0.5, 0.6) is 0 Å². The summed E-state index contributed by atoms with van der Waals surface area (Å²) in [5.74, 6) is 1.65. The maximum atomic E-state index is 11.7. The Hall–Kier alpha value is -1.11. The number of Topliss-reactive ketones (excluding diaryl/α,β-unsaturated/α-hetero) is 1. The Bertz CT molecular complexity index is 300. The maximum Gasteiger partial charge on any atom is 0.136 e. The molecule has 0 fully saturated rings. The fourth-order valence-corrected chi connectivity index (χ4v) is 1.45. The third-order valence-electron chi connectivity index (χ3n) is 2.85. The van der Waals surface area contributed by atoms with E-state index in [1.54, 1.807) is 0 Å². The van der Waals surface area contributed by atoms with Crippen LogP contribution in [-0.2, 0) is 11.2 Å². The summed E-state index contributed by atoms with van der Waals surface area (Å²) in [7, 11) is 0. The van der Waals surface area contributed by atoms with Gasteiger partial charge in [0.2, 0.25) is 0 Å². The van der Waals surface area contributed by atoms with Crippen LogP contribution in [0.25, 0.3) is 0 Å². The van der Waals surface area contributed by atoms with Crippen LogP contribution in [0.2, 0.25) is 0 Å². The summed E-state index contributed by atoms with van der Waals surface area (Å²) in [6.07, 6.45) is 1.51. The van der Waals surface area contributed by atoms with Crippen molar-refractivity contribution >= 4 is 5.78 Å². The molecule has 1 nitrogen and oxygen atoms in total. The van der Waals surface area contributed by atoms with Gasteiger partial charge < -0.3 is 0 Å². The molecule has 1 unspecified atom stereocenters. The van der Waals surface area contributed by atoms with Crippen LogP contribution >= 0.6 is 0 Å². The number of carbonyl (C=O) groups is 1. The molecule has 1 rings (SSSR count). The van der Waals surface area contributed by atoms with Crippen molar-refractivity contribution in [2.24, 2.45) is 5.92 Å². The van der Waals surface area contributed by atoms with E-state index < -0.39 is 0 Å². The van der Waals surface area contributed by atoms with E-state index in [1.165, 1.54) is 11.5 Å². The number of carbonyl (C=O) groups excluding carboxylic acids is 1. The van der Waals surface area contributed by atoms with Crippen LogP contribution in [0, 0.1) is 11.8 Å². The zero-order valence-corrected chi connectivity index (χ0v) is 9.79. The predicted molar refractivity (Wildman–Crippen MR) is 63.5 cm³/mol. The highest BCUT2D eigenvalue weighted by Crippen LogP contribution is 2.16. The lowest BCUT2D eigenvalue weighted by atomic mass is 9.90. The topological polar surface area (TPSA) is 17.1 Å². The molecule has 0 saturated carbocycles. The number of hydrogen-bond donors (Lipinski definition) is 0. The van der Waals surface area contributed by atoms with Gasteiger partial charge in [-0.2, -0.15) is 0 Å². The Morgan fingerprint density at radius 2 is 1.80 bits per heavy atom. The highest BCUT2D eigenvalue weighted by molar-refractivity contribution is 5.82. The average Bonchev–Trinajstić information content (AvgIpc) is 2.26. The van der Waals surface area contributed by atoms with Crippen molar-refractivity contribution in [3.8, 4) is 0 Å². The molecule has 1 atom stereocenters. The molecule has 1 radical (unpaired) electrons. The lowest BCUT2D eigenvalue weighted by Crippen LogP contribution is -2.15. The molecule has 0 saturated heterocycles. The monoisotopic (exact) mass is 203 g/mol. The van der Waals surface area contributed by atoms with Gasteiger partial charge in [0.05, 0.1) is 0 Å². The van der Waals surface area contributed by atoms with Crippen LogP contribution in [0.4, 0.5) is 0 Å². The largest absolute Gasteiger partial charge is 0.299 e. The van der Waals surface area contributed by atoms with E-state index in [9.17, 15) is 4.79 Å². The number of ketones is 1. The lowest BCUT2D eigenvalue weighted by molar-refractivity contribution is -0.121. The molecule has 0 heterocycles. The molecule has 81 valence electrons. The zero-order valence-electron chi connectivity index (χ0n) is 9.79. The fraction of sp³-hybridized carbons (Fsp3) is 0.429. The first kappa shape index (κ1) is 12.0. The van der Waals surface area contributed by atoms with Crippen LogP contribution in [0.1, 0.15) is 32.8 Å². The molecule has 0 N–H and O–H groups in total. The average molecular weight is 203 g/mol. The number of hydrogen-bond acceptors (Lipinski definition) is 1. The van der Waals surface area contributed by atoms with Gasteiger partial charge in [-0.25, -0.2) is 0 Å². The summed E-state index contributed by atoms with van der Waals surface area (Å²) in [6.45, 7) is 6.03. The van der Waals surface area contributed by atoms with E-state index in [-0.39, 0.29) is 5.92 Å². The van der Waals surface area contributed by atoms with Crippen molar-refractivity contribution in [2.45, 2.75) is 33.6 Å². The van der Waals surface area contributed by atoms with Gasteiger partial charge in [-0.3, -0.25) is 4.79 Å². The van der Waals surface area contributed by atoms with E-state index in [4.69, 9.17) is 0 Å². The highest BCUT2D eigenvalue weighted by Gasteiger charge is 2.16. The molecule has 0 aliphatic rings. The first-order chi connectivity index (χ1) is 7.11. The molecule has 1 heteroatoms. The molecular formula is C14H19O. The quantitative estimate of drug-likeness (QED) is 0.716. The van der Waals surface area contributed by atoms with Crippen LogP contribution < -0.4 is 0 Å². The molecule has 0 aromatic heterocycles. The normalized spacial score (nSPS) is 12.8. The van der Waals surface area contributed by atoms with Gasteiger partial charge >= 0.3 is 0 Å². The van der Waals surface area contributed by atoms with Gasteiger partial charge in [0.25, 0.3) is 0 Å². The smallest absolute Gasteiger partial charge is 0.136 e. The molecule has 0 spiro atoms. The number of aryl methyl sites for hydroxylation is 1. The van der Waals surface area contributed by atoms with Gasteiger partial charge in [-0.1, -0.05) is 51.1 Å². The van der Waals surface area contributed by atoms with E-state index in [1.807, 2.05) is 39.0 Å². The minimum Gasteiger partial charge on any atom is -0.299 e. The molecule has 15 heavy (non-hydrogen) atoms. The summed E-state index contributed by atoms with van der Waals surface area (Å²) in [4.78, 5) is 11.7. The summed E-state index contributed by atoms with van der Waals surface area (Å²) in [5, 5.41) is 0. The molecule has 1 aromatic carbocycles. The van der Waals surface area contributed by atoms with Crippen molar-refractivity contribution in [1.29, 1.82) is 0 Å². The fourth-order valence-electron chi connectivity index (χ4n) is 1.45. The lowest BCUT2D eigenvalue weighted by Gasteiger charge is -2.13. The van der Waals surface area contributed by atoms with Gasteiger partial charge in [-0.15, -0.1) is 0 Å². The maximum absolute atomic E-state index is 11.7. The summed E-state index contributed by atoms with van der Waals surface area (Å²) in [5.41, 5.74) is 1.24. The van der Waals surface area contributed by atoms with Crippen LogP contribution in [0.15, 0.2) is 30.3 Å². The van der Waals surface area contributed by atoms with Crippen molar-refractivity contribution in [1.82, 2.24) is 0 Å². The minimum atomic E-state index is 0.105. The van der Waals surface area contributed by atoms with Gasteiger partial charge in [0, 0.05) is 12.3 Å². The molecule has 0 amide bonds. The molecular weight excluding hydrogens is 184 g/mol. The first-order valence-corrected chi connectivity index (χ1v) is 5.48. The molecule has 0 bridgehead atoms. The third-order valence-corrected chi connectivity index (χ3v) is 2.85. The van der Waals surface area contributed by atoms with E-state index in [2.05, 4.69) is 12.1 Å². The number of benzene rings is 1. The van der Waals surface area contributed by atoms with Gasteiger partial charge in [-0.05, 0) is 17.9 Å². The van der Waals surface area contributed by atoms with Crippen molar-refractivity contribution in [3.05, 3.63) is 41.8 Å². The highest BCUT2D eigenvalue weighted by atomic mass is 16.1. The summed E-state index contributed by atoms with van der Waals surface area (Å²) >= 11 is 0. The van der Waals surface area contributed by atoms with Crippen molar-refractivity contribution in [2.75, 3.05) is 0 Å². The second-order valence-electron chi connectivity index (χ2n) is 4.25. The van der Waals surface area contributed by atoms with E-state index >= 15 is 0 Å². The Kier molecular flexibility index (Phi) is 4.54. The Labute approximate surface area is 92.5 Å². The van der Waals surface area contributed by atoms with Crippen LogP contribution in [0.3, 0.4) is 0 Å². The zero-order chi connectivity index (χ0) is 11.3. The standard InChI is InChI=1S/C14H19O/c1-11(2)12(3)14(15)10-9-13-7-5-4-6-8-13/h4-8,12H,9-10H2,1-3H3. The van der Waals surface area contributed by atoms with Crippen LogP contribution in [-0.4, -0.2) is 5.78 Å². The molecule has 0 aliphatic heterocycles. The first-order valence-electron chi connectivity index (χ1n) is 5.48. The third kappa shape index (κ3) is 3.86. The Morgan fingerprint density at radius 3 is 2.33 bits per heavy atom. The second-order valence-corrected chi connectivity index (χ2v) is 4.25. The van der Waals surface area contributed by atoms with E-state index in [0.717, 1.165) is 6.42 Å². The predicted octanol–water partition coefficient (Wildman–Crippen LogP) is 3.44. The minimum absolute atomic E-state index is 0.105. The summed E-state index contributed by atoms with van der Waals surface area (Å²) < 4.78 is 0. The van der Waals surface area contributed by atoms with Crippen molar-refractivity contribution in [3.63, 3.8) is 0 Å². The number of rotatable bonds is 5. The van der Waals surface area contributed by atoms with Crippen molar-refractivity contribution < 1.29 is 4.79 Å². The van der Waals surface area contributed by atoms with E-state index in [0.29, 0.717) is 12.2 Å². The SMILES string of the molecule is C[C](C)C(C)C(=O)CCc1ccccc1. The van der Waals surface area contributed by atoms with Gasteiger partial charge in [0.15, 0.2) is 0 Å². The molecule has 0 aliphatic carbocycles. The molecule has 1 aromatic rings. The second kappa shape index (κ2) is 5.69. The Balaban J connectivity index is 2.41.